The summed E-state index contributed by atoms with van der Waals surface area (Å²) in [5.74, 6) is 1.69. The molecule has 0 fully saturated rings. The van der Waals surface area contributed by atoms with Crippen molar-refractivity contribution in [2.75, 3.05) is 19.0 Å². The molecular weight excluding hydrogens is 246 g/mol. The van der Waals surface area contributed by atoms with Gasteiger partial charge in [-0.3, -0.25) is 5.10 Å². The van der Waals surface area contributed by atoms with Crippen molar-refractivity contribution in [1.82, 2.24) is 15.2 Å². The highest BCUT2D eigenvalue weighted by atomic mass is 32.2. The zero-order valence-electron chi connectivity index (χ0n) is 10.6. The molecule has 1 aromatic heterocycles. The standard InChI is InChI=1S/C13H17N3OS/c1-3-17-8-9-18-13-14-12(15-16-13)11-6-4-10(2)5-7-11/h4-7H,3,8-9H2,1-2H3,(H,14,15,16). The Morgan fingerprint density at radius 3 is 2.78 bits per heavy atom. The molecule has 1 N–H and O–H groups in total. The molecule has 0 saturated carbocycles. The van der Waals surface area contributed by atoms with E-state index in [1.54, 1.807) is 11.8 Å². The predicted octanol–water partition coefficient (Wildman–Crippen LogP) is 2.91. The van der Waals surface area contributed by atoms with Gasteiger partial charge in [0, 0.05) is 17.9 Å². The molecule has 18 heavy (non-hydrogen) atoms. The Hall–Kier alpha value is -1.33. The first-order valence-electron chi connectivity index (χ1n) is 5.99. The fourth-order valence-corrected chi connectivity index (χ4v) is 2.14. The molecule has 0 amide bonds. The van der Waals surface area contributed by atoms with Crippen LogP contribution < -0.4 is 0 Å². The first-order valence-corrected chi connectivity index (χ1v) is 6.98. The van der Waals surface area contributed by atoms with Crippen LogP contribution in [0.1, 0.15) is 12.5 Å². The Balaban J connectivity index is 1.95. The molecule has 0 atom stereocenters. The summed E-state index contributed by atoms with van der Waals surface area (Å²) in [7, 11) is 0. The Morgan fingerprint density at radius 2 is 2.06 bits per heavy atom. The number of rotatable bonds is 6. The van der Waals surface area contributed by atoms with E-state index in [9.17, 15) is 0 Å². The number of aryl methyl sites for hydroxylation is 1. The van der Waals surface area contributed by atoms with Crippen molar-refractivity contribution in [2.24, 2.45) is 0 Å². The largest absolute Gasteiger partial charge is 0.381 e. The topological polar surface area (TPSA) is 50.8 Å². The van der Waals surface area contributed by atoms with Crippen LogP contribution in [0.15, 0.2) is 29.4 Å². The second kappa shape index (κ2) is 6.56. The smallest absolute Gasteiger partial charge is 0.208 e. The number of aromatic amines is 1. The van der Waals surface area contributed by atoms with Gasteiger partial charge in [-0.25, -0.2) is 4.98 Å². The number of benzene rings is 1. The fraction of sp³-hybridized carbons (Fsp3) is 0.385. The normalized spacial score (nSPS) is 10.8. The lowest BCUT2D eigenvalue weighted by atomic mass is 10.1. The quantitative estimate of drug-likeness (QED) is 0.643. The van der Waals surface area contributed by atoms with E-state index in [0.29, 0.717) is 0 Å². The number of ether oxygens (including phenoxy) is 1. The van der Waals surface area contributed by atoms with Gasteiger partial charge in [0.1, 0.15) is 0 Å². The lowest BCUT2D eigenvalue weighted by Gasteiger charge is -1.97. The van der Waals surface area contributed by atoms with E-state index in [0.717, 1.165) is 35.5 Å². The van der Waals surface area contributed by atoms with Gasteiger partial charge in [0.2, 0.25) is 5.16 Å². The van der Waals surface area contributed by atoms with Crippen LogP contribution in [0.3, 0.4) is 0 Å². The molecular formula is C13H17N3OS. The van der Waals surface area contributed by atoms with Crippen molar-refractivity contribution in [3.8, 4) is 11.4 Å². The first kappa shape index (κ1) is 13.1. The molecule has 0 aliphatic rings. The van der Waals surface area contributed by atoms with E-state index in [4.69, 9.17) is 4.74 Å². The fourth-order valence-electron chi connectivity index (χ4n) is 1.49. The van der Waals surface area contributed by atoms with Crippen LogP contribution in [0.4, 0.5) is 0 Å². The summed E-state index contributed by atoms with van der Waals surface area (Å²) < 4.78 is 5.27. The van der Waals surface area contributed by atoms with Crippen LogP contribution >= 0.6 is 11.8 Å². The van der Waals surface area contributed by atoms with Crippen LogP contribution in [-0.2, 0) is 4.74 Å². The van der Waals surface area contributed by atoms with Crippen LogP contribution in [0, 0.1) is 6.92 Å². The van der Waals surface area contributed by atoms with E-state index in [1.165, 1.54) is 5.56 Å². The molecule has 1 heterocycles. The molecule has 0 spiro atoms. The van der Waals surface area contributed by atoms with Crippen molar-refractivity contribution >= 4 is 11.8 Å². The van der Waals surface area contributed by atoms with Crippen molar-refractivity contribution < 1.29 is 4.74 Å². The number of H-pyrrole nitrogens is 1. The molecule has 96 valence electrons. The minimum absolute atomic E-state index is 0.732. The molecule has 0 saturated heterocycles. The molecule has 2 rings (SSSR count). The van der Waals surface area contributed by atoms with Crippen molar-refractivity contribution in [3.05, 3.63) is 29.8 Å². The molecule has 4 nitrogen and oxygen atoms in total. The van der Waals surface area contributed by atoms with E-state index < -0.39 is 0 Å². The van der Waals surface area contributed by atoms with Crippen molar-refractivity contribution in [2.45, 2.75) is 19.0 Å². The molecule has 1 aromatic carbocycles. The maximum Gasteiger partial charge on any atom is 0.208 e. The Morgan fingerprint density at radius 1 is 1.28 bits per heavy atom. The van der Waals surface area contributed by atoms with Crippen LogP contribution in [-0.4, -0.2) is 34.1 Å². The van der Waals surface area contributed by atoms with Gasteiger partial charge in [0.05, 0.1) is 6.61 Å². The molecule has 0 radical (unpaired) electrons. The minimum atomic E-state index is 0.732. The Labute approximate surface area is 111 Å². The zero-order chi connectivity index (χ0) is 12.8. The summed E-state index contributed by atoms with van der Waals surface area (Å²) in [4.78, 5) is 4.45. The van der Waals surface area contributed by atoms with Gasteiger partial charge in [0.25, 0.3) is 0 Å². The summed E-state index contributed by atoms with van der Waals surface area (Å²) in [5.41, 5.74) is 2.30. The van der Waals surface area contributed by atoms with Crippen LogP contribution in [0.2, 0.25) is 0 Å². The molecule has 0 aliphatic carbocycles. The molecule has 0 bridgehead atoms. The highest BCUT2D eigenvalue weighted by Crippen LogP contribution is 2.19. The number of hydrogen-bond acceptors (Lipinski definition) is 4. The second-order valence-electron chi connectivity index (χ2n) is 3.88. The Kier molecular flexibility index (Phi) is 4.78. The molecule has 2 aromatic rings. The van der Waals surface area contributed by atoms with Gasteiger partial charge in [-0.05, 0) is 13.8 Å². The van der Waals surface area contributed by atoms with Crippen LogP contribution in [0.5, 0.6) is 0 Å². The number of nitrogens with one attached hydrogen (secondary N) is 1. The molecule has 0 aliphatic heterocycles. The average Bonchev–Trinajstić information content (AvgIpc) is 2.84. The van der Waals surface area contributed by atoms with Gasteiger partial charge in [0.15, 0.2) is 5.82 Å². The van der Waals surface area contributed by atoms with Gasteiger partial charge < -0.3 is 4.74 Å². The summed E-state index contributed by atoms with van der Waals surface area (Å²) in [6.45, 7) is 5.55. The Bertz CT molecular complexity index is 481. The maximum absolute atomic E-state index is 5.27. The second-order valence-corrected chi connectivity index (χ2v) is 4.94. The van der Waals surface area contributed by atoms with Crippen LogP contribution in [0.25, 0.3) is 11.4 Å². The van der Waals surface area contributed by atoms with E-state index in [1.807, 2.05) is 19.1 Å². The van der Waals surface area contributed by atoms with E-state index >= 15 is 0 Å². The van der Waals surface area contributed by atoms with Gasteiger partial charge >= 0.3 is 0 Å². The average molecular weight is 263 g/mol. The summed E-state index contributed by atoms with van der Waals surface area (Å²) in [5, 5.41) is 7.91. The van der Waals surface area contributed by atoms with Gasteiger partial charge in [-0.1, -0.05) is 41.6 Å². The van der Waals surface area contributed by atoms with Crippen molar-refractivity contribution in [3.63, 3.8) is 0 Å². The highest BCUT2D eigenvalue weighted by Gasteiger charge is 2.05. The van der Waals surface area contributed by atoms with E-state index in [2.05, 4.69) is 34.2 Å². The maximum atomic E-state index is 5.27. The number of aromatic nitrogens is 3. The SMILES string of the molecule is CCOCCSc1n[nH]c(-c2ccc(C)cc2)n1. The van der Waals surface area contributed by atoms with Gasteiger partial charge in [-0.15, -0.1) is 5.10 Å². The predicted molar refractivity (Wildman–Crippen MR) is 73.8 cm³/mol. The number of nitrogens with zero attached hydrogens (tertiary/aromatic N) is 2. The highest BCUT2D eigenvalue weighted by molar-refractivity contribution is 7.99. The first-order chi connectivity index (χ1) is 8.79. The van der Waals surface area contributed by atoms with E-state index in [-0.39, 0.29) is 0 Å². The molecule has 5 heteroatoms. The lowest BCUT2D eigenvalue weighted by Crippen LogP contribution is -1.96. The number of thioether (sulfide) groups is 1. The van der Waals surface area contributed by atoms with Gasteiger partial charge in [-0.2, -0.15) is 0 Å². The minimum Gasteiger partial charge on any atom is -0.381 e. The summed E-state index contributed by atoms with van der Waals surface area (Å²) in [6, 6.07) is 8.23. The lowest BCUT2D eigenvalue weighted by molar-refractivity contribution is 0.164. The molecule has 0 unspecified atom stereocenters. The van der Waals surface area contributed by atoms with Crippen molar-refractivity contribution in [1.29, 1.82) is 0 Å². The summed E-state index contributed by atoms with van der Waals surface area (Å²) in [6.07, 6.45) is 0. The third kappa shape index (κ3) is 3.58. The monoisotopic (exact) mass is 263 g/mol. The zero-order valence-corrected chi connectivity index (χ0v) is 11.5. The summed E-state index contributed by atoms with van der Waals surface area (Å²) >= 11 is 1.60. The third-order valence-electron chi connectivity index (χ3n) is 2.45. The number of hydrogen-bond donors (Lipinski definition) is 1. The third-order valence-corrected chi connectivity index (χ3v) is 3.26.